The van der Waals surface area contributed by atoms with E-state index in [0.29, 0.717) is 30.3 Å². The smallest absolute Gasteiger partial charge is 0.273 e. The van der Waals surface area contributed by atoms with Gasteiger partial charge in [-0.3, -0.25) is 19.8 Å². The molecule has 3 rings (SSSR count). The van der Waals surface area contributed by atoms with Gasteiger partial charge in [0, 0.05) is 55.2 Å². The van der Waals surface area contributed by atoms with Crippen molar-refractivity contribution in [1.29, 1.82) is 0 Å². The second-order valence-corrected chi connectivity index (χ2v) is 7.25. The Balaban J connectivity index is 1.65. The largest absolute Gasteiger partial charge is 0.336 e. The van der Waals surface area contributed by atoms with Gasteiger partial charge in [0.1, 0.15) is 0 Å². The highest BCUT2D eigenvalue weighted by Gasteiger charge is 2.29. The van der Waals surface area contributed by atoms with Crippen molar-refractivity contribution in [2.45, 2.75) is 19.4 Å². The number of thioether (sulfide) groups is 1. The van der Waals surface area contributed by atoms with Gasteiger partial charge in [-0.2, -0.15) is 11.8 Å². The molecule has 0 radical (unpaired) electrons. The third kappa shape index (κ3) is 3.50. The summed E-state index contributed by atoms with van der Waals surface area (Å²) in [6, 6.07) is 5.39. The average molecular weight is 335 g/mol. The molecule has 0 aliphatic carbocycles. The minimum atomic E-state index is -0.429. The van der Waals surface area contributed by atoms with Crippen molar-refractivity contribution >= 4 is 23.4 Å². The van der Waals surface area contributed by atoms with E-state index in [-0.39, 0.29) is 11.6 Å². The van der Waals surface area contributed by atoms with Crippen LogP contribution in [0, 0.1) is 17.0 Å². The highest BCUT2D eigenvalue weighted by atomic mass is 32.2. The molecule has 7 heteroatoms. The third-order valence-corrected chi connectivity index (χ3v) is 5.82. The van der Waals surface area contributed by atoms with Crippen molar-refractivity contribution in [1.82, 2.24) is 9.80 Å². The second kappa shape index (κ2) is 6.88. The first-order valence-corrected chi connectivity index (χ1v) is 9.08. The Morgan fingerprint density at radius 3 is 2.65 bits per heavy atom. The first kappa shape index (κ1) is 16.3. The predicted octanol–water partition coefficient (Wildman–Crippen LogP) is 2.17. The van der Waals surface area contributed by atoms with Crippen LogP contribution in [-0.2, 0) is 0 Å². The summed E-state index contributed by atoms with van der Waals surface area (Å²) < 4.78 is 0. The van der Waals surface area contributed by atoms with Gasteiger partial charge in [-0.1, -0.05) is 6.07 Å². The van der Waals surface area contributed by atoms with E-state index >= 15 is 0 Å². The summed E-state index contributed by atoms with van der Waals surface area (Å²) in [5, 5.41) is 11.0. The van der Waals surface area contributed by atoms with Gasteiger partial charge in [0.2, 0.25) is 0 Å². The maximum absolute atomic E-state index is 12.6. The van der Waals surface area contributed by atoms with Gasteiger partial charge in [0.15, 0.2) is 0 Å². The molecule has 2 fully saturated rings. The fourth-order valence-electron chi connectivity index (χ4n) is 3.22. The van der Waals surface area contributed by atoms with E-state index < -0.39 is 4.92 Å². The topological polar surface area (TPSA) is 66.7 Å². The summed E-state index contributed by atoms with van der Waals surface area (Å²) >= 11 is 2.00. The molecule has 1 aromatic carbocycles. The lowest BCUT2D eigenvalue weighted by Crippen LogP contribution is -2.52. The maximum Gasteiger partial charge on any atom is 0.273 e. The Kier molecular flexibility index (Phi) is 4.87. The fourth-order valence-corrected chi connectivity index (χ4v) is 4.48. The number of carbonyl (C=O) groups excluding carboxylic acids is 1. The first-order chi connectivity index (χ1) is 11.1. The van der Waals surface area contributed by atoms with Crippen LogP contribution in [0.4, 0.5) is 5.69 Å². The van der Waals surface area contributed by atoms with Crippen molar-refractivity contribution in [3.8, 4) is 0 Å². The first-order valence-electron chi connectivity index (χ1n) is 7.92. The van der Waals surface area contributed by atoms with E-state index in [0.717, 1.165) is 13.1 Å². The Morgan fingerprint density at radius 2 is 2.04 bits per heavy atom. The number of hydrogen-bond donors (Lipinski definition) is 0. The lowest BCUT2D eigenvalue weighted by Gasteiger charge is -2.37. The van der Waals surface area contributed by atoms with Crippen LogP contribution >= 0.6 is 11.8 Å². The van der Waals surface area contributed by atoms with Crippen molar-refractivity contribution in [2.24, 2.45) is 0 Å². The molecule has 0 aromatic heterocycles. The van der Waals surface area contributed by atoms with E-state index in [4.69, 9.17) is 0 Å². The van der Waals surface area contributed by atoms with E-state index in [1.165, 1.54) is 24.0 Å². The highest BCUT2D eigenvalue weighted by molar-refractivity contribution is 7.99. The standard InChI is InChI=1S/C16H21N3O3S/c1-12-2-3-13(10-15(12)19(21)22)16(20)18-7-5-17(6-8-18)14-4-9-23-11-14/h2-3,10,14H,4-9,11H2,1H3/t14-/m1/s1. The molecule has 0 spiro atoms. The van der Waals surface area contributed by atoms with Crippen LogP contribution in [0.25, 0.3) is 0 Å². The van der Waals surface area contributed by atoms with Gasteiger partial charge in [-0.05, 0) is 25.2 Å². The molecule has 1 amide bonds. The number of piperazine rings is 1. The Morgan fingerprint density at radius 1 is 1.30 bits per heavy atom. The average Bonchev–Trinajstić information content (AvgIpc) is 3.09. The summed E-state index contributed by atoms with van der Waals surface area (Å²) in [5.74, 6) is 2.32. The quantitative estimate of drug-likeness (QED) is 0.625. The van der Waals surface area contributed by atoms with Crippen LogP contribution in [0.5, 0.6) is 0 Å². The summed E-state index contributed by atoms with van der Waals surface area (Å²) in [6.07, 6.45) is 1.24. The Labute approximate surface area is 140 Å². The molecule has 2 heterocycles. The van der Waals surface area contributed by atoms with Gasteiger partial charge in [-0.25, -0.2) is 0 Å². The van der Waals surface area contributed by atoms with E-state index in [2.05, 4.69) is 4.90 Å². The molecule has 23 heavy (non-hydrogen) atoms. The zero-order chi connectivity index (χ0) is 16.4. The number of carbonyl (C=O) groups is 1. The summed E-state index contributed by atoms with van der Waals surface area (Å²) in [4.78, 5) is 27.5. The van der Waals surface area contributed by atoms with Crippen LogP contribution in [0.1, 0.15) is 22.3 Å². The summed E-state index contributed by atoms with van der Waals surface area (Å²) in [6.45, 7) is 4.87. The predicted molar refractivity (Wildman–Crippen MR) is 91.0 cm³/mol. The van der Waals surface area contributed by atoms with Crippen molar-refractivity contribution in [3.05, 3.63) is 39.4 Å². The lowest BCUT2D eigenvalue weighted by molar-refractivity contribution is -0.385. The molecule has 2 saturated heterocycles. The van der Waals surface area contributed by atoms with Crippen molar-refractivity contribution in [3.63, 3.8) is 0 Å². The van der Waals surface area contributed by atoms with Crippen LogP contribution < -0.4 is 0 Å². The zero-order valence-electron chi connectivity index (χ0n) is 13.2. The fraction of sp³-hybridized carbons (Fsp3) is 0.562. The molecule has 6 nitrogen and oxygen atoms in total. The van der Waals surface area contributed by atoms with Gasteiger partial charge in [0.05, 0.1) is 4.92 Å². The normalized spacial score (nSPS) is 22.3. The number of amides is 1. The molecule has 0 bridgehead atoms. The number of hydrogen-bond acceptors (Lipinski definition) is 5. The third-order valence-electron chi connectivity index (χ3n) is 4.68. The number of nitro benzene ring substituents is 1. The molecule has 0 N–H and O–H groups in total. The molecule has 0 saturated carbocycles. The maximum atomic E-state index is 12.6. The van der Waals surface area contributed by atoms with Gasteiger partial charge >= 0.3 is 0 Å². The highest BCUT2D eigenvalue weighted by Crippen LogP contribution is 2.24. The zero-order valence-corrected chi connectivity index (χ0v) is 14.1. The van der Waals surface area contributed by atoms with Gasteiger partial charge in [0.25, 0.3) is 11.6 Å². The number of aryl methyl sites for hydroxylation is 1. The number of nitrogens with zero attached hydrogens (tertiary/aromatic N) is 3. The number of nitro groups is 1. The van der Waals surface area contributed by atoms with Crippen molar-refractivity contribution < 1.29 is 9.72 Å². The molecule has 2 aliphatic heterocycles. The van der Waals surface area contributed by atoms with Crippen LogP contribution in [0.3, 0.4) is 0 Å². The minimum absolute atomic E-state index is 0.0115. The van der Waals surface area contributed by atoms with Gasteiger partial charge in [-0.15, -0.1) is 0 Å². The van der Waals surface area contributed by atoms with Crippen LogP contribution in [-0.4, -0.2) is 64.4 Å². The lowest BCUT2D eigenvalue weighted by atomic mass is 10.1. The van der Waals surface area contributed by atoms with Gasteiger partial charge < -0.3 is 4.90 Å². The van der Waals surface area contributed by atoms with Crippen LogP contribution in [0.15, 0.2) is 18.2 Å². The molecular weight excluding hydrogens is 314 g/mol. The molecule has 1 atom stereocenters. The number of benzene rings is 1. The molecule has 2 aliphatic rings. The minimum Gasteiger partial charge on any atom is -0.336 e. The summed E-state index contributed by atoms with van der Waals surface area (Å²) in [7, 11) is 0. The van der Waals surface area contributed by atoms with Crippen LogP contribution in [0.2, 0.25) is 0 Å². The van der Waals surface area contributed by atoms with E-state index in [1.807, 2.05) is 16.7 Å². The Bertz CT molecular complexity index is 609. The molecule has 124 valence electrons. The Hall–Kier alpha value is -1.60. The SMILES string of the molecule is Cc1ccc(C(=O)N2CCN([C@@H]3CCSC3)CC2)cc1[N+](=O)[O-]. The summed E-state index contributed by atoms with van der Waals surface area (Å²) in [5.41, 5.74) is 1.000. The van der Waals surface area contributed by atoms with Crippen molar-refractivity contribution in [2.75, 3.05) is 37.7 Å². The molecule has 0 unspecified atom stereocenters. The number of rotatable bonds is 3. The molecule has 1 aromatic rings. The molecular formula is C16H21N3O3S. The van der Waals surface area contributed by atoms with E-state index in [9.17, 15) is 14.9 Å². The van der Waals surface area contributed by atoms with E-state index in [1.54, 1.807) is 19.1 Å². The second-order valence-electron chi connectivity index (χ2n) is 6.10. The monoisotopic (exact) mass is 335 g/mol.